The Balaban J connectivity index is 2.56. The molecule has 0 aliphatic carbocycles. The number of rotatable bonds is 5. The number of carbonyl (C=O) groups is 2. The summed E-state index contributed by atoms with van der Waals surface area (Å²) in [7, 11) is 1.56. The van der Waals surface area contributed by atoms with Gasteiger partial charge in [0.1, 0.15) is 0 Å². The summed E-state index contributed by atoms with van der Waals surface area (Å²) in [5.74, 6) is -0.296. The Morgan fingerprint density at radius 2 is 1.84 bits per heavy atom. The predicted octanol–water partition coefficient (Wildman–Crippen LogP) is 0.205. The fourth-order valence-electron chi connectivity index (χ4n) is 1.70. The Morgan fingerprint density at radius 1 is 1.21 bits per heavy atom. The minimum atomic E-state index is -0.183. The van der Waals surface area contributed by atoms with E-state index in [1.54, 1.807) is 18.4 Å². The number of nitrogens with one attached hydrogen (secondary N) is 2. The summed E-state index contributed by atoms with van der Waals surface area (Å²) in [6.45, 7) is 4.24. The predicted molar refractivity (Wildman–Crippen MR) is 75.3 cm³/mol. The van der Waals surface area contributed by atoms with E-state index in [0.717, 1.165) is 11.1 Å². The van der Waals surface area contributed by atoms with Crippen LogP contribution in [0.2, 0.25) is 5.02 Å². The maximum absolute atomic E-state index is 11.7. The molecule has 5 nitrogen and oxygen atoms in total. The maximum atomic E-state index is 11.7. The summed E-state index contributed by atoms with van der Waals surface area (Å²) >= 11 is 6.10. The second kappa shape index (κ2) is 7.11. The molecule has 6 heteroatoms. The SMILES string of the molecule is CNC(=O)C[NH2+]CC(=O)Nc1c(C)cc(C)cc1Cl. The van der Waals surface area contributed by atoms with Crippen LogP contribution in [0.4, 0.5) is 5.69 Å². The quantitative estimate of drug-likeness (QED) is 0.723. The monoisotopic (exact) mass is 284 g/mol. The molecule has 0 aliphatic heterocycles. The number of hydrogen-bond acceptors (Lipinski definition) is 2. The molecule has 0 heterocycles. The van der Waals surface area contributed by atoms with Crippen molar-refractivity contribution in [3.8, 4) is 0 Å². The zero-order valence-electron chi connectivity index (χ0n) is 11.3. The van der Waals surface area contributed by atoms with Crippen molar-refractivity contribution in [1.29, 1.82) is 0 Å². The van der Waals surface area contributed by atoms with Gasteiger partial charge in [-0.25, -0.2) is 0 Å². The number of anilines is 1. The molecule has 0 fully saturated rings. The summed E-state index contributed by atoms with van der Waals surface area (Å²) in [6.07, 6.45) is 0. The third kappa shape index (κ3) is 4.89. The highest BCUT2D eigenvalue weighted by Gasteiger charge is 2.11. The van der Waals surface area contributed by atoms with Gasteiger partial charge in [0, 0.05) is 7.05 Å². The molecule has 0 aromatic heterocycles. The average Bonchev–Trinajstić information content (AvgIpc) is 2.33. The standard InChI is InChI=1S/C13H18ClN3O2/c1-8-4-9(2)13(10(14)5-8)17-12(19)7-16-6-11(18)15-3/h4-5,16H,6-7H2,1-3H3,(H,15,18)(H,17,19)/p+1. The van der Waals surface area contributed by atoms with Crippen LogP contribution in [0.3, 0.4) is 0 Å². The zero-order chi connectivity index (χ0) is 14.4. The number of nitrogens with two attached hydrogens (primary N) is 1. The zero-order valence-corrected chi connectivity index (χ0v) is 12.1. The molecule has 2 amide bonds. The highest BCUT2D eigenvalue weighted by atomic mass is 35.5. The number of halogens is 1. The molecule has 19 heavy (non-hydrogen) atoms. The van der Waals surface area contributed by atoms with Crippen molar-refractivity contribution in [2.24, 2.45) is 0 Å². The first kappa shape index (κ1) is 15.5. The van der Waals surface area contributed by atoms with E-state index in [2.05, 4.69) is 10.6 Å². The molecule has 0 saturated carbocycles. The van der Waals surface area contributed by atoms with E-state index in [9.17, 15) is 9.59 Å². The van der Waals surface area contributed by atoms with Crippen LogP contribution in [0.25, 0.3) is 0 Å². The molecule has 1 aromatic rings. The van der Waals surface area contributed by atoms with Crippen LogP contribution in [0.5, 0.6) is 0 Å². The number of amides is 2. The van der Waals surface area contributed by atoms with Crippen molar-refractivity contribution in [2.75, 3.05) is 25.5 Å². The first-order valence-corrected chi connectivity index (χ1v) is 6.40. The van der Waals surface area contributed by atoms with Gasteiger partial charge in [-0.3, -0.25) is 9.59 Å². The third-order valence-electron chi connectivity index (χ3n) is 2.63. The summed E-state index contributed by atoms with van der Waals surface area (Å²) < 4.78 is 0. The van der Waals surface area contributed by atoms with E-state index in [-0.39, 0.29) is 24.9 Å². The number of benzene rings is 1. The van der Waals surface area contributed by atoms with E-state index in [0.29, 0.717) is 10.7 Å². The van der Waals surface area contributed by atoms with Gasteiger partial charge in [-0.15, -0.1) is 0 Å². The first-order valence-electron chi connectivity index (χ1n) is 6.03. The van der Waals surface area contributed by atoms with Crippen LogP contribution in [0, 0.1) is 13.8 Å². The average molecular weight is 285 g/mol. The summed E-state index contributed by atoms with van der Waals surface area (Å²) in [4.78, 5) is 22.7. The van der Waals surface area contributed by atoms with E-state index in [4.69, 9.17) is 11.6 Å². The first-order chi connectivity index (χ1) is 8.93. The van der Waals surface area contributed by atoms with Crippen molar-refractivity contribution in [2.45, 2.75) is 13.8 Å². The van der Waals surface area contributed by atoms with Crippen LogP contribution in [-0.2, 0) is 9.59 Å². The maximum Gasteiger partial charge on any atom is 0.279 e. The van der Waals surface area contributed by atoms with Crippen LogP contribution in [0.1, 0.15) is 11.1 Å². The summed E-state index contributed by atoms with van der Waals surface area (Å²) in [6, 6.07) is 3.76. The second-order valence-electron chi connectivity index (χ2n) is 4.36. The largest absolute Gasteiger partial charge is 0.354 e. The molecule has 0 atom stereocenters. The molecule has 0 bridgehead atoms. The number of carbonyl (C=O) groups excluding carboxylic acids is 2. The van der Waals surface area contributed by atoms with Gasteiger partial charge in [0.2, 0.25) is 0 Å². The lowest BCUT2D eigenvalue weighted by Crippen LogP contribution is -2.88. The van der Waals surface area contributed by atoms with Gasteiger partial charge in [0.15, 0.2) is 13.1 Å². The fraction of sp³-hybridized carbons (Fsp3) is 0.385. The molecule has 0 radical (unpaired) electrons. The molecule has 0 spiro atoms. The Morgan fingerprint density at radius 3 is 2.42 bits per heavy atom. The Kier molecular flexibility index (Phi) is 5.79. The second-order valence-corrected chi connectivity index (χ2v) is 4.76. The van der Waals surface area contributed by atoms with Crippen molar-refractivity contribution in [3.05, 3.63) is 28.3 Å². The minimum absolute atomic E-state index is 0.114. The highest BCUT2D eigenvalue weighted by molar-refractivity contribution is 6.34. The van der Waals surface area contributed by atoms with Crippen LogP contribution < -0.4 is 16.0 Å². The lowest BCUT2D eigenvalue weighted by molar-refractivity contribution is -0.632. The normalized spacial score (nSPS) is 10.1. The minimum Gasteiger partial charge on any atom is -0.354 e. The molecule has 0 unspecified atom stereocenters. The van der Waals surface area contributed by atoms with E-state index < -0.39 is 0 Å². The lowest BCUT2D eigenvalue weighted by atomic mass is 10.1. The lowest BCUT2D eigenvalue weighted by Gasteiger charge is -2.11. The molecule has 1 aromatic carbocycles. The van der Waals surface area contributed by atoms with Gasteiger partial charge < -0.3 is 16.0 Å². The van der Waals surface area contributed by atoms with Crippen molar-refractivity contribution in [3.63, 3.8) is 0 Å². The van der Waals surface area contributed by atoms with Gasteiger partial charge >= 0.3 is 0 Å². The molecule has 0 aliphatic rings. The van der Waals surface area contributed by atoms with Gasteiger partial charge in [-0.2, -0.15) is 0 Å². The Bertz CT molecular complexity index is 466. The number of aryl methyl sites for hydroxylation is 2. The van der Waals surface area contributed by atoms with E-state index in [1.807, 2.05) is 19.9 Å². The molecule has 0 saturated heterocycles. The van der Waals surface area contributed by atoms with Gasteiger partial charge in [-0.05, 0) is 31.0 Å². The Hall–Kier alpha value is -1.59. The van der Waals surface area contributed by atoms with Crippen LogP contribution in [-0.4, -0.2) is 32.0 Å². The third-order valence-corrected chi connectivity index (χ3v) is 2.93. The molecular weight excluding hydrogens is 266 g/mol. The molecule has 4 N–H and O–H groups in total. The number of likely N-dealkylation sites (N-methyl/N-ethyl adjacent to an activating group) is 1. The smallest absolute Gasteiger partial charge is 0.279 e. The summed E-state index contributed by atoms with van der Waals surface area (Å²) in [5, 5.41) is 7.41. The molecule has 104 valence electrons. The van der Waals surface area contributed by atoms with Crippen LogP contribution >= 0.6 is 11.6 Å². The molecular formula is C13H19ClN3O2+. The van der Waals surface area contributed by atoms with E-state index in [1.165, 1.54) is 0 Å². The van der Waals surface area contributed by atoms with Gasteiger partial charge in [-0.1, -0.05) is 17.7 Å². The highest BCUT2D eigenvalue weighted by Crippen LogP contribution is 2.26. The van der Waals surface area contributed by atoms with Gasteiger partial charge in [0.05, 0.1) is 10.7 Å². The number of quaternary nitrogens is 1. The summed E-state index contributed by atoms with van der Waals surface area (Å²) in [5.41, 5.74) is 2.60. The van der Waals surface area contributed by atoms with Gasteiger partial charge in [0.25, 0.3) is 11.8 Å². The topological polar surface area (TPSA) is 74.8 Å². The molecule has 1 rings (SSSR count). The van der Waals surface area contributed by atoms with Crippen molar-refractivity contribution in [1.82, 2.24) is 5.32 Å². The van der Waals surface area contributed by atoms with Crippen molar-refractivity contribution >= 4 is 29.1 Å². The fourth-order valence-corrected chi connectivity index (χ4v) is 2.07. The van der Waals surface area contributed by atoms with Crippen molar-refractivity contribution < 1.29 is 14.9 Å². The Labute approximate surface area is 117 Å². The van der Waals surface area contributed by atoms with E-state index >= 15 is 0 Å². The number of hydrogen-bond donors (Lipinski definition) is 3. The van der Waals surface area contributed by atoms with Crippen LogP contribution in [0.15, 0.2) is 12.1 Å².